The highest BCUT2D eigenvalue weighted by Gasteiger charge is 2.24. The van der Waals surface area contributed by atoms with Gasteiger partial charge in [-0.1, -0.05) is 11.8 Å². The largest absolute Gasteiger partial charge is 0.496 e. The fourth-order valence-corrected chi connectivity index (χ4v) is 3.73. The maximum atomic E-state index is 13.4. The summed E-state index contributed by atoms with van der Waals surface area (Å²) in [6.45, 7) is 0. The molecule has 166 valence electrons. The Balaban J connectivity index is 1.76. The molecule has 0 unspecified atom stereocenters. The van der Waals surface area contributed by atoms with Crippen LogP contribution in [0.25, 0.3) is 5.69 Å². The molecular weight excluding hydrogens is 428 g/mol. The first kappa shape index (κ1) is 22.3. The number of rotatable bonds is 7. The van der Waals surface area contributed by atoms with E-state index in [4.69, 9.17) is 22.3 Å². The van der Waals surface area contributed by atoms with E-state index >= 15 is 0 Å². The average molecular weight is 448 g/mol. The minimum atomic E-state index is -0.302. The van der Waals surface area contributed by atoms with E-state index in [1.54, 1.807) is 71.6 Å². The number of hydrogen-bond donors (Lipinski definition) is 1. The molecule has 0 aliphatic carbocycles. The first-order valence-corrected chi connectivity index (χ1v) is 10.3. The predicted molar refractivity (Wildman–Crippen MR) is 129 cm³/mol. The van der Waals surface area contributed by atoms with Crippen molar-refractivity contribution in [3.63, 3.8) is 0 Å². The van der Waals surface area contributed by atoms with Crippen molar-refractivity contribution in [1.82, 2.24) is 9.55 Å². The normalized spacial score (nSPS) is 10.2. The molecule has 34 heavy (non-hydrogen) atoms. The number of aromatic amines is 1. The van der Waals surface area contributed by atoms with Gasteiger partial charge in [0.15, 0.2) is 0 Å². The van der Waals surface area contributed by atoms with E-state index in [1.165, 1.54) is 14.2 Å². The number of nitrogens with one attached hydrogen (secondary N) is 1. The van der Waals surface area contributed by atoms with Crippen LogP contribution in [-0.4, -0.2) is 35.3 Å². The molecule has 0 radical (unpaired) electrons. The number of hydrogen-bond acceptors (Lipinski definition) is 4. The van der Waals surface area contributed by atoms with E-state index in [2.05, 4.69) is 16.8 Å². The van der Waals surface area contributed by atoms with Crippen LogP contribution in [0.2, 0.25) is 0 Å². The third-order valence-electron chi connectivity index (χ3n) is 5.42. The monoisotopic (exact) mass is 448 g/mol. The van der Waals surface area contributed by atoms with E-state index in [9.17, 15) is 9.59 Å². The molecule has 4 rings (SSSR count). The van der Waals surface area contributed by atoms with Crippen molar-refractivity contribution in [3.05, 3.63) is 101 Å². The molecule has 0 bridgehead atoms. The van der Waals surface area contributed by atoms with Gasteiger partial charge in [-0.05, 0) is 54.6 Å². The van der Waals surface area contributed by atoms with Crippen molar-refractivity contribution in [1.29, 1.82) is 0 Å². The van der Waals surface area contributed by atoms with Gasteiger partial charge in [-0.3, -0.25) is 9.59 Å². The summed E-state index contributed by atoms with van der Waals surface area (Å²) >= 11 is 0. The number of ether oxygens (including phenoxy) is 2. The van der Waals surface area contributed by atoms with Crippen molar-refractivity contribution < 1.29 is 19.1 Å². The molecule has 6 heteroatoms. The Morgan fingerprint density at radius 3 is 2.00 bits per heavy atom. The van der Waals surface area contributed by atoms with Crippen molar-refractivity contribution >= 4 is 11.6 Å². The zero-order valence-corrected chi connectivity index (χ0v) is 18.6. The van der Waals surface area contributed by atoms with Gasteiger partial charge in [0.2, 0.25) is 11.6 Å². The lowest BCUT2D eigenvalue weighted by Gasteiger charge is -2.13. The van der Waals surface area contributed by atoms with Crippen molar-refractivity contribution in [2.24, 2.45) is 0 Å². The van der Waals surface area contributed by atoms with Crippen LogP contribution in [-0.2, 0) is 0 Å². The molecule has 0 spiro atoms. The van der Waals surface area contributed by atoms with Crippen LogP contribution in [0.15, 0.2) is 67.0 Å². The highest BCUT2D eigenvalue weighted by molar-refractivity contribution is 6.13. The van der Waals surface area contributed by atoms with E-state index in [-0.39, 0.29) is 11.6 Å². The lowest BCUT2D eigenvalue weighted by atomic mass is 10.0. The molecule has 0 aliphatic rings. The molecule has 0 fully saturated rings. The number of H-pyrrole nitrogens is 1. The second-order valence-electron chi connectivity index (χ2n) is 7.28. The maximum Gasteiger partial charge on any atom is 0.215 e. The van der Waals surface area contributed by atoms with Gasteiger partial charge in [0.05, 0.1) is 36.7 Å². The van der Waals surface area contributed by atoms with Crippen LogP contribution >= 0.6 is 0 Å². The van der Waals surface area contributed by atoms with Gasteiger partial charge in [0, 0.05) is 23.5 Å². The smallest absolute Gasteiger partial charge is 0.215 e. The summed E-state index contributed by atoms with van der Waals surface area (Å²) in [6.07, 6.45) is 14.3. The lowest BCUT2D eigenvalue weighted by Crippen LogP contribution is -2.13. The number of aromatic nitrogens is 2. The zero-order valence-electron chi connectivity index (χ0n) is 18.6. The standard InChI is InChI=1S/C28H20N2O4/c1-5-18-9-11-20(24(16-18)33-3)27(31)23-8-7-15-30(23)22-13-14-29-26(22)28(32)21-12-10-19(6-2)17-25(21)34-4/h1-2,7-17,29H,3-4H3. The van der Waals surface area contributed by atoms with Gasteiger partial charge in [0.1, 0.15) is 17.2 Å². The summed E-state index contributed by atoms with van der Waals surface area (Å²) in [5, 5.41) is 0. The number of terminal acetylenes is 2. The molecule has 0 amide bonds. The van der Waals surface area contributed by atoms with Gasteiger partial charge in [0.25, 0.3) is 0 Å². The first-order valence-electron chi connectivity index (χ1n) is 10.3. The summed E-state index contributed by atoms with van der Waals surface area (Å²) in [6, 6.07) is 15.0. The SMILES string of the molecule is C#Cc1ccc(C(=O)c2[nH]ccc2-n2cccc2C(=O)c2ccc(C#C)cc2OC)c(OC)c1. The van der Waals surface area contributed by atoms with Gasteiger partial charge < -0.3 is 19.0 Å². The second kappa shape index (κ2) is 9.28. The van der Waals surface area contributed by atoms with Crippen molar-refractivity contribution in [2.75, 3.05) is 14.2 Å². The van der Waals surface area contributed by atoms with Gasteiger partial charge in [-0.2, -0.15) is 0 Å². The predicted octanol–water partition coefficient (Wildman–Crippen LogP) is 4.25. The second-order valence-corrected chi connectivity index (χ2v) is 7.28. The average Bonchev–Trinajstić information content (AvgIpc) is 3.56. The van der Waals surface area contributed by atoms with Gasteiger partial charge in [-0.15, -0.1) is 12.8 Å². The van der Waals surface area contributed by atoms with Crippen LogP contribution in [0.3, 0.4) is 0 Å². The Morgan fingerprint density at radius 1 is 0.853 bits per heavy atom. The molecular formula is C28H20N2O4. The molecule has 0 atom stereocenters. The van der Waals surface area contributed by atoms with E-state index in [1.807, 2.05) is 0 Å². The van der Waals surface area contributed by atoms with Crippen molar-refractivity contribution in [2.45, 2.75) is 0 Å². The summed E-state index contributed by atoms with van der Waals surface area (Å²) < 4.78 is 12.4. The molecule has 1 N–H and O–H groups in total. The summed E-state index contributed by atoms with van der Waals surface area (Å²) in [7, 11) is 2.96. The van der Waals surface area contributed by atoms with Crippen LogP contribution in [0, 0.1) is 24.7 Å². The first-order chi connectivity index (χ1) is 16.5. The van der Waals surface area contributed by atoms with Crippen LogP contribution < -0.4 is 9.47 Å². The zero-order chi connectivity index (χ0) is 24.2. The Labute approximate surface area is 197 Å². The highest BCUT2D eigenvalue weighted by atomic mass is 16.5. The lowest BCUT2D eigenvalue weighted by molar-refractivity contribution is 0.101. The minimum absolute atomic E-state index is 0.277. The van der Waals surface area contributed by atoms with Gasteiger partial charge in [-0.25, -0.2) is 0 Å². The number of benzene rings is 2. The third-order valence-corrected chi connectivity index (χ3v) is 5.42. The number of carbonyl (C=O) groups is 2. The molecule has 0 aliphatic heterocycles. The Kier molecular flexibility index (Phi) is 6.07. The summed E-state index contributed by atoms with van der Waals surface area (Å²) in [5.41, 5.74) is 3.07. The topological polar surface area (TPSA) is 73.3 Å². The summed E-state index contributed by atoms with van der Waals surface area (Å²) in [5.74, 6) is 5.21. The highest BCUT2D eigenvalue weighted by Crippen LogP contribution is 2.28. The van der Waals surface area contributed by atoms with E-state index in [0.717, 1.165) is 0 Å². The number of nitrogens with zero attached hydrogens (tertiary/aromatic N) is 1. The molecule has 2 heterocycles. The minimum Gasteiger partial charge on any atom is -0.496 e. The van der Waals surface area contributed by atoms with E-state index < -0.39 is 0 Å². The summed E-state index contributed by atoms with van der Waals surface area (Å²) in [4.78, 5) is 29.9. The Hall–Kier alpha value is -4.94. The maximum absolute atomic E-state index is 13.4. The number of methoxy groups -OCH3 is 2. The fraction of sp³-hybridized carbons (Fsp3) is 0.0714. The van der Waals surface area contributed by atoms with E-state index in [0.29, 0.717) is 50.8 Å². The van der Waals surface area contributed by atoms with Crippen molar-refractivity contribution in [3.8, 4) is 41.9 Å². The number of ketones is 2. The van der Waals surface area contributed by atoms with Crippen LogP contribution in [0.1, 0.15) is 43.2 Å². The molecule has 2 aromatic heterocycles. The molecule has 6 nitrogen and oxygen atoms in total. The van der Waals surface area contributed by atoms with Crippen LogP contribution in [0.4, 0.5) is 0 Å². The van der Waals surface area contributed by atoms with Gasteiger partial charge >= 0.3 is 0 Å². The molecule has 2 aromatic carbocycles. The van der Waals surface area contributed by atoms with Crippen LogP contribution in [0.5, 0.6) is 11.5 Å². The third kappa shape index (κ3) is 3.85. The molecule has 0 saturated heterocycles. The quantitative estimate of drug-likeness (QED) is 0.339. The molecule has 0 saturated carbocycles. The molecule has 4 aromatic rings. The number of carbonyl (C=O) groups excluding carboxylic acids is 2. The fourth-order valence-electron chi connectivity index (χ4n) is 3.73. The Morgan fingerprint density at radius 2 is 1.44 bits per heavy atom. The Bertz CT molecular complexity index is 1380.